The van der Waals surface area contributed by atoms with Gasteiger partial charge in [0.2, 0.25) is 5.91 Å². The van der Waals surface area contributed by atoms with Gasteiger partial charge in [0.25, 0.3) is 0 Å². The van der Waals surface area contributed by atoms with Gasteiger partial charge in [-0.25, -0.2) is 8.78 Å². The zero-order valence-electron chi connectivity index (χ0n) is 14.4. The molecular formula is C19H23F2N3O. The number of carbonyl (C=O) groups is 1. The minimum Gasteiger partial charge on any atom is -0.341 e. The summed E-state index contributed by atoms with van der Waals surface area (Å²) in [6.07, 6.45) is 4.76. The molecule has 2 aromatic rings. The fourth-order valence-electron chi connectivity index (χ4n) is 3.44. The first-order chi connectivity index (χ1) is 12.0. The van der Waals surface area contributed by atoms with Crippen molar-refractivity contribution in [1.29, 1.82) is 0 Å². The first-order valence-electron chi connectivity index (χ1n) is 8.73. The molecule has 0 N–H and O–H groups in total. The summed E-state index contributed by atoms with van der Waals surface area (Å²) in [7, 11) is 0. The number of piperidine rings is 1. The molecule has 0 bridgehead atoms. The number of hydrogen-bond donors (Lipinski definition) is 0. The number of halogens is 2. The lowest BCUT2D eigenvalue weighted by Gasteiger charge is -2.33. The van der Waals surface area contributed by atoms with E-state index in [2.05, 4.69) is 5.10 Å². The number of hydrogen-bond acceptors (Lipinski definition) is 2. The van der Waals surface area contributed by atoms with Gasteiger partial charge in [0.1, 0.15) is 18.2 Å². The van der Waals surface area contributed by atoms with Crippen LogP contribution < -0.4 is 0 Å². The second kappa shape index (κ2) is 7.76. The van der Waals surface area contributed by atoms with E-state index in [-0.39, 0.29) is 23.9 Å². The molecule has 1 aliphatic heterocycles. The number of rotatable bonds is 5. The van der Waals surface area contributed by atoms with Crippen LogP contribution in [0.4, 0.5) is 8.78 Å². The van der Waals surface area contributed by atoms with Gasteiger partial charge in [0.15, 0.2) is 0 Å². The standard InChI is InChI=1S/C19H23F2N3O/c1-14-9-11-24(22-14)13-19(25)23-10-3-4-15(12-23)7-8-16-17(20)5-2-6-18(16)21/h2,5-6,9,11,15H,3-4,7-8,10,12-13H2,1H3. The van der Waals surface area contributed by atoms with Crippen LogP contribution in [0.25, 0.3) is 0 Å². The Morgan fingerprint density at radius 2 is 2.04 bits per heavy atom. The van der Waals surface area contributed by atoms with Crippen molar-refractivity contribution in [2.75, 3.05) is 13.1 Å². The molecule has 1 fully saturated rings. The molecule has 1 aliphatic rings. The third-order valence-corrected chi connectivity index (χ3v) is 4.81. The largest absolute Gasteiger partial charge is 0.341 e. The monoisotopic (exact) mass is 347 g/mol. The Morgan fingerprint density at radius 3 is 2.72 bits per heavy atom. The molecule has 2 heterocycles. The highest BCUT2D eigenvalue weighted by atomic mass is 19.1. The molecule has 134 valence electrons. The zero-order valence-corrected chi connectivity index (χ0v) is 14.4. The highest BCUT2D eigenvalue weighted by Gasteiger charge is 2.24. The Kier molecular flexibility index (Phi) is 5.46. The summed E-state index contributed by atoms with van der Waals surface area (Å²) >= 11 is 0. The molecule has 0 aliphatic carbocycles. The number of aromatic nitrogens is 2. The van der Waals surface area contributed by atoms with Crippen molar-refractivity contribution in [3.05, 3.63) is 53.4 Å². The minimum atomic E-state index is -0.488. The number of aryl methyl sites for hydroxylation is 1. The van der Waals surface area contributed by atoms with E-state index < -0.39 is 11.6 Å². The second-order valence-electron chi connectivity index (χ2n) is 6.74. The lowest BCUT2D eigenvalue weighted by molar-refractivity contribution is -0.133. The number of carbonyl (C=O) groups excluding carboxylic acids is 1. The van der Waals surface area contributed by atoms with Gasteiger partial charge in [0, 0.05) is 24.8 Å². The van der Waals surface area contributed by atoms with Crippen molar-refractivity contribution in [3.63, 3.8) is 0 Å². The molecule has 6 heteroatoms. The topological polar surface area (TPSA) is 38.1 Å². The van der Waals surface area contributed by atoms with Gasteiger partial charge in [-0.3, -0.25) is 9.48 Å². The van der Waals surface area contributed by atoms with Crippen LogP contribution in [0.3, 0.4) is 0 Å². The van der Waals surface area contributed by atoms with E-state index in [4.69, 9.17) is 0 Å². The predicted molar refractivity (Wildman–Crippen MR) is 90.9 cm³/mol. The van der Waals surface area contributed by atoms with Crippen molar-refractivity contribution in [2.24, 2.45) is 5.92 Å². The Morgan fingerprint density at radius 1 is 1.28 bits per heavy atom. The van der Waals surface area contributed by atoms with Crippen molar-refractivity contribution < 1.29 is 13.6 Å². The third kappa shape index (κ3) is 4.44. The summed E-state index contributed by atoms with van der Waals surface area (Å²) in [4.78, 5) is 14.3. The van der Waals surface area contributed by atoms with E-state index in [0.29, 0.717) is 19.4 Å². The number of amides is 1. The molecule has 1 amide bonds. The average molecular weight is 347 g/mol. The fourth-order valence-corrected chi connectivity index (χ4v) is 3.44. The van der Waals surface area contributed by atoms with Gasteiger partial charge in [-0.05, 0) is 56.7 Å². The van der Waals surface area contributed by atoms with Crippen LogP contribution >= 0.6 is 0 Å². The number of likely N-dealkylation sites (tertiary alicyclic amines) is 1. The van der Waals surface area contributed by atoms with Crippen LogP contribution in [-0.4, -0.2) is 33.7 Å². The van der Waals surface area contributed by atoms with Gasteiger partial charge in [-0.2, -0.15) is 5.10 Å². The van der Waals surface area contributed by atoms with E-state index >= 15 is 0 Å². The van der Waals surface area contributed by atoms with Crippen LogP contribution in [0.2, 0.25) is 0 Å². The predicted octanol–water partition coefficient (Wildman–Crippen LogP) is 3.34. The average Bonchev–Trinajstić information content (AvgIpc) is 2.99. The molecule has 1 saturated heterocycles. The Bertz CT molecular complexity index is 724. The molecule has 4 nitrogen and oxygen atoms in total. The van der Waals surface area contributed by atoms with Crippen molar-refractivity contribution in [3.8, 4) is 0 Å². The van der Waals surface area contributed by atoms with Gasteiger partial charge < -0.3 is 4.90 Å². The fraction of sp³-hybridized carbons (Fsp3) is 0.474. The van der Waals surface area contributed by atoms with Gasteiger partial charge in [-0.1, -0.05) is 6.07 Å². The molecular weight excluding hydrogens is 324 g/mol. The molecule has 0 radical (unpaired) electrons. The maximum Gasteiger partial charge on any atom is 0.244 e. The highest BCUT2D eigenvalue weighted by molar-refractivity contribution is 5.76. The maximum absolute atomic E-state index is 13.7. The molecule has 0 spiro atoms. The van der Waals surface area contributed by atoms with Gasteiger partial charge in [0.05, 0.1) is 5.69 Å². The first-order valence-corrected chi connectivity index (χ1v) is 8.73. The number of benzene rings is 1. The summed E-state index contributed by atoms with van der Waals surface area (Å²) in [6, 6.07) is 5.84. The van der Waals surface area contributed by atoms with Crippen LogP contribution in [-0.2, 0) is 17.8 Å². The minimum absolute atomic E-state index is 0.0462. The SMILES string of the molecule is Cc1ccn(CC(=O)N2CCCC(CCc3c(F)cccc3F)C2)n1. The molecule has 1 unspecified atom stereocenters. The second-order valence-corrected chi connectivity index (χ2v) is 6.74. The van der Waals surface area contributed by atoms with Crippen molar-refractivity contribution in [2.45, 2.75) is 39.2 Å². The maximum atomic E-state index is 13.7. The lowest BCUT2D eigenvalue weighted by atomic mass is 9.91. The van der Waals surface area contributed by atoms with Crippen LogP contribution in [0.5, 0.6) is 0 Å². The summed E-state index contributed by atoms with van der Waals surface area (Å²) in [5.74, 6) is -0.656. The van der Waals surface area contributed by atoms with Crippen LogP contribution in [0.15, 0.2) is 30.5 Å². The van der Waals surface area contributed by atoms with Crippen LogP contribution in [0.1, 0.15) is 30.5 Å². The van der Waals surface area contributed by atoms with Crippen LogP contribution in [0, 0.1) is 24.5 Å². The van der Waals surface area contributed by atoms with Gasteiger partial charge >= 0.3 is 0 Å². The Balaban J connectivity index is 1.55. The van der Waals surface area contributed by atoms with E-state index in [1.165, 1.54) is 18.2 Å². The molecule has 0 saturated carbocycles. The summed E-state index contributed by atoms with van der Waals surface area (Å²) in [5, 5.41) is 4.25. The smallest absolute Gasteiger partial charge is 0.244 e. The van der Waals surface area contributed by atoms with Crippen molar-refractivity contribution in [1.82, 2.24) is 14.7 Å². The lowest BCUT2D eigenvalue weighted by Crippen LogP contribution is -2.41. The summed E-state index contributed by atoms with van der Waals surface area (Å²) in [5.41, 5.74) is 1.04. The summed E-state index contributed by atoms with van der Waals surface area (Å²) < 4.78 is 29.1. The molecule has 1 aromatic heterocycles. The molecule has 3 rings (SSSR count). The van der Waals surface area contributed by atoms with Crippen molar-refractivity contribution >= 4 is 5.91 Å². The first kappa shape index (κ1) is 17.6. The van der Waals surface area contributed by atoms with E-state index in [1.54, 1.807) is 10.9 Å². The molecule has 1 aromatic carbocycles. The van der Waals surface area contributed by atoms with E-state index in [0.717, 1.165) is 25.1 Å². The Labute approximate surface area is 146 Å². The molecule has 25 heavy (non-hydrogen) atoms. The third-order valence-electron chi connectivity index (χ3n) is 4.81. The quantitative estimate of drug-likeness (QED) is 0.832. The van der Waals surface area contributed by atoms with Gasteiger partial charge in [-0.15, -0.1) is 0 Å². The summed E-state index contributed by atoms with van der Waals surface area (Å²) in [6.45, 7) is 3.51. The highest BCUT2D eigenvalue weighted by Crippen LogP contribution is 2.23. The Hall–Kier alpha value is -2.24. The molecule has 1 atom stereocenters. The normalized spacial score (nSPS) is 17.7. The van der Waals surface area contributed by atoms with E-state index in [9.17, 15) is 13.6 Å². The zero-order chi connectivity index (χ0) is 17.8. The van der Waals surface area contributed by atoms with E-state index in [1.807, 2.05) is 17.9 Å². The number of nitrogens with zero attached hydrogens (tertiary/aromatic N) is 3.